The van der Waals surface area contributed by atoms with Crippen LogP contribution in [0.4, 0.5) is 0 Å². The minimum Gasteiger partial charge on any atom is -0.469 e. The third-order valence-corrected chi connectivity index (χ3v) is 2.83. The van der Waals surface area contributed by atoms with E-state index in [4.69, 9.17) is 9.52 Å². The van der Waals surface area contributed by atoms with Gasteiger partial charge >= 0.3 is 0 Å². The van der Waals surface area contributed by atoms with Crippen molar-refractivity contribution in [3.8, 4) is 0 Å². The Bertz CT molecular complexity index is 269. The molecule has 3 nitrogen and oxygen atoms in total. The van der Waals surface area contributed by atoms with Gasteiger partial charge in [0.15, 0.2) is 0 Å². The Morgan fingerprint density at radius 2 is 2.12 bits per heavy atom. The Balaban J connectivity index is 2.39. The van der Waals surface area contributed by atoms with Crippen LogP contribution in [0, 0.1) is 5.92 Å². The van der Waals surface area contributed by atoms with Crippen LogP contribution in [0.5, 0.6) is 0 Å². The van der Waals surface area contributed by atoms with Crippen molar-refractivity contribution in [1.82, 2.24) is 5.32 Å². The zero-order chi connectivity index (χ0) is 12.0. The van der Waals surface area contributed by atoms with Gasteiger partial charge in [0.1, 0.15) is 5.76 Å². The quantitative estimate of drug-likeness (QED) is 0.748. The van der Waals surface area contributed by atoms with Crippen molar-refractivity contribution < 1.29 is 9.52 Å². The van der Waals surface area contributed by atoms with Gasteiger partial charge in [-0.15, -0.1) is 0 Å². The Morgan fingerprint density at radius 3 is 2.62 bits per heavy atom. The first-order valence-corrected chi connectivity index (χ1v) is 6.02. The molecule has 0 saturated heterocycles. The van der Waals surface area contributed by atoms with Crippen molar-refractivity contribution >= 4 is 0 Å². The van der Waals surface area contributed by atoms with Gasteiger partial charge in [-0.25, -0.2) is 0 Å². The fraction of sp³-hybridized carbons (Fsp3) is 0.692. The lowest BCUT2D eigenvalue weighted by atomic mass is 9.99. The molecule has 3 heteroatoms. The second-order valence-electron chi connectivity index (χ2n) is 4.71. The minimum absolute atomic E-state index is 0.239. The van der Waals surface area contributed by atoms with Gasteiger partial charge in [0.2, 0.25) is 0 Å². The van der Waals surface area contributed by atoms with Crippen LogP contribution in [0.3, 0.4) is 0 Å². The van der Waals surface area contributed by atoms with Crippen molar-refractivity contribution in [3.63, 3.8) is 0 Å². The summed E-state index contributed by atoms with van der Waals surface area (Å²) in [5.74, 6) is 1.54. The predicted octanol–water partition coefficient (Wildman–Crippen LogP) is 2.21. The zero-order valence-corrected chi connectivity index (χ0v) is 10.4. The first kappa shape index (κ1) is 13.3. The van der Waals surface area contributed by atoms with Gasteiger partial charge in [-0.1, -0.05) is 13.8 Å². The number of aliphatic hydroxyl groups excluding tert-OH is 1. The van der Waals surface area contributed by atoms with Gasteiger partial charge in [0, 0.05) is 25.1 Å². The normalized spacial score (nSPS) is 15.3. The van der Waals surface area contributed by atoms with E-state index in [0.29, 0.717) is 18.0 Å². The zero-order valence-electron chi connectivity index (χ0n) is 10.4. The van der Waals surface area contributed by atoms with Crippen molar-refractivity contribution in [2.24, 2.45) is 5.92 Å². The van der Waals surface area contributed by atoms with Crippen LogP contribution >= 0.6 is 0 Å². The number of aliphatic hydroxyl groups is 1. The second kappa shape index (κ2) is 6.71. The van der Waals surface area contributed by atoms with Crippen LogP contribution in [-0.4, -0.2) is 23.8 Å². The summed E-state index contributed by atoms with van der Waals surface area (Å²) in [7, 11) is 0. The highest BCUT2D eigenvalue weighted by Gasteiger charge is 2.15. The van der Waals surface area contributed by atoms with Crippen molar-refractivity contribution in [3.05, 3.63) is 24.2 Å². The summed E-state index contributed by atoms with van der Waals surface area (Å²) < 4.78 is 5.32. The lowest BCUT2D eigenvalue weighted by Crippen LogP contribution is -2.41. The van der Waals surface area contributed by atoms with Crippen LogP contribution in [0.1, 0.15) is 33.0 Å². The first-order valence-electron chi connectivity index (χ1n) is 6.02. The van der Waals surface area contributed by atoms with Crippen LogP contribution < -0.4 is 5.32 Å². The fourth-order valence-electron chi connectivity index (χ4n) is 1.90. The van der Waals surface area contributed by atoms with Crippen molar-refractivity contribution in [2.45, 2.75) is 45.7 Å². The summed E-state index contributed by atoms with van der Waals surface area (Å²) in [6.45, 7) is 6.73. The molecule has 1 aromatic rings. The molecule has 0 spiro atoms. The maximum Gasteiger partial charge on any atom is 0.105 e. The Morgan fingerprint density at radius 1 is 1.38 bits per heavy atom. The number of hydrogen-bond acceptors (Lipinski definition) is 3. The number of nitrogens with one attached hydrogen (secondary N) is 1. The van der Waals surface area contributed by atoms with E-state index in [9.17, 15) is 0 Å². The fourth-order valence-corrected chi connectivity index (χ4v) is 1.90. The summed E-state index contributed by atoms with van der Waals surface area (Å²) in [6, 6.07) is 4.64. The van der Waals surface area contributed by atoms with E-state index in [1.165, 1.54) is 0 Å². The summed E-state index contributed by atoms with van der Waals surface area (Å²) in [4.78, 5) is 0. The average molecular weight is 225 g/mol. The lowest BCUT2D eigenvalue weighted by Gasteiger charge is -2.25. The van der Waals surface area contributed by atoms with E-state index in [1.54, 1.807) is 6.26 Å². The smallest absolute Gasteiger partial charge is 0.105 e. The standard InChI is InChI=1S/C13H23NO2/c1-10(2)13(6-7-15)14-11(3)9-12-5-4-8-16-12/h4-5,8,10-11,13-15H,6-7,9H2,1-3H3. The molecule has 0 saturated carbocycles. The largest absolute Gasteiger partial charge is 0.469 e. The summed E-state index contributed by atoms with van der Waals surface area (Å²) in [5, 5.41) is 12.5. The van der Waals surface area contributed by atoms with Crippen molar-refractivity contribution in [2.75, 3.05) is 6.61 Å². The molecule has 16 heavy (non-hydrogen) atoms. The maximum atomic E-state index is 9.00. The number of hydrogen-bond donors (Lipinski definition) is 2. The molecule has 2 unspecified atom stereocenters. The molecule has 0 radical (unpaired) electrons. The van der Waals surface area contributed by atoms with E-state index < -0.39 is 0 Å². The maximum absolute atomic E-state index is 9.00. The van der Waals surface area contributed by atoms with E-state index in [0.717, 1.165) is 18.6 Å². The van der Waals surface area contributed by atoms with E-state index in [2.05, 4.69) is 26.1 Å². The lowest BCUT2D eigenvalue weighted by molar-refractivity contribution is 0.235. The molecule has 0 aliphatic heterocycles. The topological polar surface area (TPSA) is 45.4 Å². The van der Waals surface area contributed by atoms with Crippen molar-refractivity contribution in [1.29, 1.82) is 0 Å². The van der Waals surface area contributed by atoms with Gasteiger partial charge in [-0.05, 0) is 31.4 Å². The van der Waals surface area contributed by atoms with Gasteiger partial charge in [-0.2, -0.15) is 0 Å². The molecule has 2 atom stereocenters. The van der Waals surface area contributed by atoms with Gasteiger partial charge < -0.3 is 14.8 Å². The summed E-state index contributed by atoms with van der Waals surface area (Å²) in [5.41, 5.74) is 0. The molecular weight excluding hydrogens is 202 g/mol. The number of furan rings is 1. The SMILES string of the molecule is CC(Cc1ccco1)NC(CCO)C(C)C. The highest BCUT2D eigenvalue weighted by molar-refractivity contribution is 5.00. The molecule has 2 N–H and O–H groups in total. The molecule has 0 aromatic carbocycles. The van der Waals surface area contributed by atoms with Crippen LogP contribution in [-0.2, 0) is 6.42 Å². The predicted molar refractivity (Wildman–Crippen MR) is 65.3 cm³/mol. The third kappa shape index (κ3) is 4.37. The van der Waals surface area contributed by atoms with Gasteiger partial charge in [-0.3, -0.25) is 0 Å². The summed E-state index contributed by atoms with van der Waals surface area (Å²) >= 11 is 0. The average Bonchev–Trinajstić information content (AvgIpc) is 2.69. The minimum atomic E-state index is 0.239. The van der Waals surface area contributed by atoms with E-state index >= 15 is 0 Å². The summed E-state index contributed by atoms with van der Waals surface area (Å²) in [6.07, 6.45) is 3.40. The molecule has 0 bridgehead atoms. The van der Waals surface area contributed by atoms with Crippen LogP contribution in [0.15, 0.2) is 22.8 Å². The molecule has 1 heterocycles. The monoisotopic (exact) mass is 225 g/mol. The molecule has 92 valence electrons. The van der Waals surface area contributed by atoms with Gasteiger partial charge in [0.05, 0.1) is 6.26 Å². The van der Waals surface area contributed by atoms with Crippen LogP contribution in [0.25, 0.3) is 0 Å². The first-order chi connectivity index (χ1) is 7.63. The number of rotatable bonds is 7. The third-order valence-electron chi connectivity index (χ3n) is 2.83. The molecule has 0 fully saturated rings. The Labute approximate surface area is 97.9 Å². The van der Waals surface area contributed by atoms with E-state index in [-0.39, 0.29) is 6.61 Å². The molecular formula is C13H23NO2. The Kier molecular flexibility index (Phi) is 5.56. The second-order valence-corrected chi connectivity index (χ2v) is 4.71. The molecule has 0 amide bonds. The van der Waals surface area contributed by atoms with Crippen LogP contribution in [0.2, 0.25) is 0 Å². The highest BCUT2D eigenvalue weighted by Crippen LogP contribution is 2.09. The Hall–Kier alpha value is -0.800. The molecule has 1 rings (SSSR count). The molecule has 0 aliphatic carbocycles. The highest BCUT2D eigenvalue weighted by atomic mass is 16.3. The van der Waals surface area contributed by atoms with E-state index in [1.807, 2.05) is 12.1 Å². The van der Waals surface area contributed by atoms with Gasteiger partial charge in [0.25, 0.3) is 0 Å². The molecule has 0 aliphatic rings. The molecule has 1 aromatic heterocycles.